The maximum absolute atomic E-state index is 12.8. The van der Waals surface area contributed by atoms with Crippen LogP contribution in [0.15, 0.2) is 58.1 Å². The van der Waals surface area contributed by atoms with Crippen molar-refractivity contribution >= 4 is 33.3 Å². The number of hydrogen-bond donors (Lipinski definition) is 2. The number of carbonyl (C=O) groups is 1. The van der Waals surface area contributed by atoms with Gasteiger partial charge in [0.25, 0.3) is 11.5 Å². The predicted molar refractivity (Wildman–Crippen MR) is 117 cm³/mol. The van der Waals surface area contributed by atoms with Crippen LogP contribution in [0.5, 0.6) is 0 Å². The third-order valence-electron chi connectivity index (χ3n) is 4.44. The van der Waals surface area contributed by atoms with E-state index < -0.39 is 17.2 Å². The Morgan fingerprint density at radius 3 is 2.63 bits per heavy atom. The second-order valence-electron chi connectivity index (χ2n) is 7.22. The number of nitrogens with one attached hydrogen (secondary N) is 2. The lowest BCUT2D eigenvalue weighted by Crippen LogP contribution is -2.33. The van der Waals surface area contributed by atoms with Crippen LogP contribution in [0.4, 0.5) is 5.13 Å². The molecule has 0 bridgehead atoms. The molecule has 9 heteroatoms. The molecule has 0 unspecified atom stereocenters. The molecule has 2 heterocycles. The van der Waals surface area contributed by atoms with Crippen LogP contribution in [-0.2, 0) is 6.42 Å². The molecule has 2 aromatic carbocycles. The molecule has 0 atom stereocenters. The molecule has 2 N–H and O–H groups in total. The van der Waals surface area contributed by atoms with Gasteiger partial charge < -0.3 is 4.98 Å². The maximum atomic E-state index is 12.8. The maximum Gasteiger partial charge on any atom is 0.333 e. The Morgan fingerprint density at radius 1 is 1.13 bits per heavy atom. The summed E-state index contributed by atoms with van der Waals surface area (Å²) in [6.07, 6.45) is 0.790. The van der Waals surface area contributed by atoms with Crippen LogP contribution >= 0.6 is 11.3 Å². The number of nitrogens with zero attached hydrogens (tertiary/aromatic N) is 3. The van der Waals surface area contributed by atoms with Crippen LogP contribution in [0.2, 0.25) is 0 Å². The lowest BCUT2D eigenvalue weighted by molar-refractivity contribution is 0.102. The van der Waals surface area contributed by atoms with E-state index in [1.165, 1.54) is 23.5 Å². The van der Waals surface area contributed by atoms with Crippen LogP contribution in [0, 0.1) is 5.92 Å². The van der Waals surface area contributed by atoms with E-state index in [1.54, 1.807) is 36.4 Å². The molecule has 0 saturated carbocycles. The first-order chi connectivity index (χ1) is 14.4. The van der Waals surface area contributed by atoms with E-state index in [9.17, 15) is 14.4 Å². The number of rotatable bonds is 5. The van der Waals surface area contributed by atoms with Gasteiger partial charge in [0.05, 0.1) is 16.6 Å². The van der Waals surface area contributed by atoms with Gasteiger partial charge in [0.1, 0.15) is 5.01 Å². The second-order valence-corrected chi connectivity index (χ2v) is 8.28. The largest absolute Gasteiger partial charge is 0.333 e. The van der Waals surface area contributed by atoms with Crippen molar-refractivity contribution in [3.05, 3.63) is 79.9 Å². The summed E-state index contributed by atoms with van der Waals surface area (Å²) in [5, 5.41) is 12.4. The first-order valence-electron chi connectivity index (χ1n) is 9.40. The van der Waals surface area contributed by atoms with E-state index in [2.05, 4.69) is 34.3 Å². The fourth-order valence-electron chi connectivity index (χ4n) is 3.08. The van der Waals surface area contributed by atoms with Crippen LogP contribution in [-0.4, -0.2) is 25.7 Å². The highest BCUT2D eigenvalue weighted by molar-refractivity contribution is 7.15. The van der Waals surface area contributed by atoms with Gasteiger partial charge in [-0.25, -0.2) is 9.36 Å². The summed E-state index contributed by atoms with van der Waals surface area (Å²) in [6, 6.07) is 13.2. The smallest absolute Gasteiger partial charge is 0.306 e. The van der Waals surface area contributed by atoms with Crippen LogP contribution < -0.4 is 16.6 Å². The fraction of sp³-hybridized carbons (Fsp3) is 0.190. The fourth-order valence-corrected chi connectivity index (χ4v) is 4.02. The molecule has 0 saturated heterocycles. The van der Waals surface area contributed by atoms with Crippen LogP contribution in [0.25, 0.3) is 16.6 Å². The van der Waals surface area contributed by atoms with Crippen molar-refractivity contribution in [2.75, 3.05) is 5.32 Å². The van der Waals surface area contributed by atoms with E-state index >= 15 is 0 Å². The Labute approximate surface area is 175 Å². The Morgan fingerprint density at radius 2 is 1.90 bits per heavy atom. The highest BCUT2D eigenvalue weighted by atomic mass is 32.1. The Hall–Kier alpha value is -3.59. The molecule has 2 aromatic heterocycles. The molecule has 0 aliphatic carbocycles. The lowest BCUT2D eigenvalue weighted by atomic mass is 10.1. The van der Waals surface area contributed by atoms with Gasteiger partial charge in [0.15, 0.2) is 0 Å². The van der Waals surface area contributed by atoms with Crippen molar-refractivity contribution in [3.8, 4) is 5.69 Å². The summed E-state index contributed by atoms with van der Waals surface area (Å²) >= 11 is 1.33. The number of para-hydroxylation sites is 1. The third kappa shape index (κ3) is 3.92. The minimum atomic E-state index is -0.571. The van der Waals surface area contributed by atoms with Crippen molar-refractivity contribution in [2.24, 2.45) is 5.92 Å². The van der Waals surface area contributed by atoms with Crippen molar-refractivity contribution in [1.82, 2.24) is 19.7 Å². The quantitative estimate of drug-likeness (QED) is 0.515. The molecule has 8 nitrogen and oxygen atoms in total. The van der Waals surface area contributed by atoms with Gasteiger partial charge in [-0.1, -0.05) is 43.4 Å². The zero-order chi connectivity index (χ0) is 21.3. The van der Waals surface area contributed by atoms with E-state index in [1.807, 2.05) is 0 Å². The SMILES string of the molecule is CC(C)Cc1nnc(NC(=O)c2ccc3c(=O)n(-c4ccccc4)c(=O)[nH]c3c2)s1. The zero-order valence-electron chi connectivity index (χ0n) is 16.4. The molecule has 0 aliphatic rings. The van der Waals surface area contributed by atoms with Crippen molar-refractivity contribution in [2.45, 2.75) is 20.3 Å². The molecule has 0 radical (unpaired) electrons. The average Bonchev–Trinajstić information content (AvgIpc) is 3.14. The number of benzene rings is 2. The van der Waals surface area contributed by atoms with E-state index in [4.69, 9.17) is 0 Å². The van der Waals surface area contributed by atoms with Gasteiger partial charge in [0.2, 0.25) is 5.13 Å². The highest BCUT2D eigenvalue weighted by Gasteiger charge is 2.14. The van der Waals surface area contributed by atoms with E-state index in [-0.39, 0.29) is 0 Å². The number of aromatic amines is 1. The number of amides is 1. The Kier molecular flexibility index (Phi) is 5.28. The summed E-state index contributed by atoms with van der Waals surface area (Å²) in [4.78, 5) is 40.6. The number of anilines is 1. The molecular formula is C21H19N5O3S. The molecule has 4 rings (SSSR count). The summed E-state index contributed by atoms with van der Waals surface area (Å²) in [5.74, 6) is 0.0518. The first-order valence-corrected chi connectivity index (χ1v) is 10.2. The van der Waals surface area contributed by atoms with Gasteiger partial charge >= 0.3 is 5.69 Å². The number of hydrogen-bond acceptors (Lipinski definition) is 6. The molecule has 30 heavy (non-hydrogen) atoms. The zero-order valence-corrected chi connectivity index (χ0v) is 17.2. The monoisotopic (exact) mass is 421 g/mol. The van der Waals surface area contributed by atoms with Crippen molar-refractivity contribution in [3.63, 3.8) is 0 Å². The molecule has 4 aromatic rings. The molecule has 0 fully saturated rings. The number of fused-ring (bicyclic) bond motifs is 1. The first kappa shape index (κ1) is 19.7. The summed E-state index contributed by atoms with van der Waals surface area (Å²) in [5.41, 5.74) is 0.0484. The van der Waals surface area contributed by atoms with Gasteiger partial charge in [-0.05, 0) is 36.2 Å². The Bertz CT molecular complexity index is 1340. The number of aromatic nitrogens is 4. The standard InChI is InChI=1S/C21H19N5O3S/c1-12(2)10-17-24-25-20(30-17)23-18(27)13-8-9-15-16(11-13)22-21(29)26(19(15)28)14-6-4-3-5-7-14/h3-9,11-12H,10H2,1-2H3,(H,22,29)(H,23,25,27). The van der Waals surface area contributed by atoms with Crippen LogP contribution in [0.3, 0.4) is 0 Å². The highest BCUT2D eigenvalue weighted by Crippen LogP contribution is 2.19. The minimum Gasteiger partial charge on any atom is -0.306 e. The molecular weight excluding hydrogens is 402 g/mol. The molecule has 152 valence electrons. The average molecular weight is 421 g/mol. The van der Waals surface area contributed by atoms with Crippen molar-refractivity contribution < 1.29 is 4.79 Å². The van der Waals surface area contributed by atoms with Gasteiger partial charge in [0, 0.05) is 12.0 Å². The van der Waals surface area contributed by atoms with Gasteiger partial charge in [-0.2, -0.15) is 0 Å². The van der Waals surface area contributed by atoms with E-state index in [0.29, 0.717) is 33.2 Å². The molecule has 1 amide bonds. The minimum absolute atomic E-state index is 0.294. The Balaban J connectivity index is 1.65. The van der Waals surface area contributed by atoms with Gasteiger partial charge in [-0.3, -0.25) is 14.9 Å². The predicted octanol–water partition coefficient (Wildman–Crippen LogP) is 2.98. The number of carbonyl (C=O) groups excluding carboxylic acids is 1. The number of H-pyrrole nitrogens is 1. The normalized spacial score (nSPS) is 11.2. The second kappa shape index (κ2) is 8.03. The lowest BCUT2D eigenvalue weighted by Gasteiger charge is -2.07. The topological polar surface area (TPSA) is 110 Å². The summed E-state index contributed by atoms with van der Waals surface area (Å²) in [7, 11) is 0. The summed E-state index contributed by atoms with van der Waals surface area (Å²) < 4.78 is 1.07. The van der Waals surface area contributed by atoms with E-state index in [0.717, 1.165) is 16.0 Å². The third-order valence-corrected chi connectivity index (χ3v) is 5.31. The van der Waals surface area contributed by atoms with Gasteiger partial charge in [-0.15, -0.1) is 10.2 Å². The van der Waals surface area contributed by atoms with Crippen molar-refractivity contribution in [1.29, 1.82) is 0 Å². The molecule has 0 spiro atoms. The summed E-state index contributed by atoms with van der Waals surface area (Å²) in [6.45, 7) is 4.17. The molecule has 0 aliphatic heterocycles. The van der Waals surface area contributed by atoms with Crippen LogP contribution in [0.1, 0.15) is 29.2 Å².